The Hall–Kier alpha value is -2.73. The lowest BCUT2D eigenvalue weighted by atomic mass is 10.1. The van der Waals surface area contributed by atoms with E-state index in [2.05, 4.69) is 5.32 Å². The summed E-state index contributed by atoms with van der Waals surface area (Å²) in [5.41, 5.74) is 7.59. The van der Waals surface area contributed by atoms with Crippen molar-refractivity contribution in [3.05, 3.63) is 65.5 Å². The third kappa shape index (κ3) is 5.37. The van der Waals surface area contributed by atoms with Gasteiger partial charge in [-0.3, -0.25) is 9.59 Å². The molecule has 0 spiro atoms. The maximum absolute atomic E-state index is 13.5. The minimum atomic E-state index is -0.435. The van der Waals surface area contributed by atoms with E-state index in [0.717, 1.165) is 24.1 Å². The number of carbonyl (C=O) groups is 2. The zero-order valence-corrected chi connectivity index (χ0v) is 15.2. The van der Waals surface area contributed by atoms with E-state index in [-0.39, 0.29) is 17.7 Å². The second-order valence-corrected chi connectivity index (χ2v) is 6.84. The van der Waals surface area contributed by atoms with E-state index >= 15 is 0 Å². The van der Waals surface area contributed by atoms with Crippen molar-refractivity contribution in [3.63, 3.8) is 0 Å². The molecule has 3 rings (SSSR count). The number of nitrogens with two attached hydrogens (primary N) is 1. The summed E-state index contributed by atoms with van der Waals surface area (Å²) in [6.07, 6.45) is 2.58. The zero-order chi connectivity index (χ0) is 19.2. The molecule has 1 aliphatic rings. The molecule has 0 aromatic heterocycles. The lowest BCUT2D eigenvalue weighted by Crippen LogP contribution is -2.32. The van der Waals surface area contributed by atoms with Crippen molar-refractivity contribution in [2.45, 2.75) is 25.8 Å². The van der Waals surface area contributed by atoms with E-state index < -0.39 is 5.82 Å². The average molecular weight is 369 g/mol. The Balaban J connectivity index is 1.68. The molecule has 1 aliphatic carbocycles. The largest absolute Gasteiger partial charge is 0.334 e. The summed E-state index contributed by atoms with van der Waals surface area (Å²) in [5, 5.41) is 2.90. The first-order valence-electron chi connectivity index (χ1n) is 9.21. The topological polar surface area (TPSA) is 75.4 Å². The number of halogens is 1. The highest BCUT2D eigenvalue weighted by molar-refractivity contribution is 5.94. The van der Waals surface area contributed by atoms with Crippen molar-refractivity contribution in [1.29, 1.82) is 0 Å². The number of hydrogen-bond acceptors (Lipinski definition) is 3. The first-order valence-corrected chi connectivity index (χ1v) is 9.21. The van der Waals surface area contributed by atoms with Crippen LogP contribution in [0, 0.1) is 11.7 Å². The smallest absolute Gasteiger partial charge is 0.254 e. The molecule has 0 heterocycles. The molecule has 1 fully saturated rings. The fraction of sp³-hybridized carbons (Fsp3) is 0.333. The van der Waals surface area contributed by atoms with Crippen LogP contribution in [0.2, 0.25) is 0 Å². The molecule has 0 unspecified atom stereocenters. The molecular weight excluding hydrogens is 345 g/mol. The molecule has 6 heteroatoms. The molecule has 0 bridgehead atoms. The summed E-state index contributed by atoms with van der Waals surface area (Å²) in [6, 6.07) is 13.1. The molecule has 1 saturated carbocycles. The third-order valence-electron chi connectivity index (χ3n) is 4.53. The minimum absolute atomic E-state index is 0.0635. The number of nitrogens with zero attached hydrogens (tertiary/aromatic N) is 1. The predicted molar refractivity (Wildman–Crippen MR) is 103 cm³/mol. The number of carbonyl (C=O) groups excluding carboxylic acids is 2. The Bertz CT molecular complexity index is 803. The van der Waals surface area contributed by atoms with E-state index in [9.17, 15) is 14.0 Å². The predicted octanol–water partition coefficient (Wildman–Crippen LogP) is 3.17. The normalized spacial score (nSPS) is 13.3. The number of benzene rings is 2. The van der Waals surface area contributed by atoms with Crippen molar-refractivity contribution in [2.75, 3.05) is 18.4 Å². The lowest BCUT2D eigenvalue weighted by molar-refractivity contribution is -0.117. The van der Waals surface area contributed by atoms with Crippen molar-refractivity contribution in [3.8, 4) is 0 Å². The Morgan fingerprint density at radius 1 is 1.15 bits per heavy atom. The summed E-state index contributed by atoms with van der Waals surface area (Å²) in [7, 11) is 0. The fourth-order valence-corrected chi connectivity index (χ4v) is 2.84. The highest BCUT2D eigenvalue weighted by Gasteiger charge is 2.29. The standard InChI is InChI=1S/C21H24FN3O2/c22-18-4-1-3-17(13-18)21(27)25(12-2-11-23)14-15-5-9-19(10-6-15)24-20(26)16-7-8-16/h1,3-6,9-10,13,16H,2,7-8,11-12,14,23H2,(H,24,26). The van der Waals surface area contributed by atoms with Crippen molar-refractivity contribution in [2.24, 2.45) is 11.7 Å². The van der Waals surface area contributed by atoms with Crippen LogP contribution in [0.4, 0.5) is 10.1 Å². The summed E-state index contributed by atoms with van der Waals surface area (Å²) in [5.74, 6) is -0.446. The molecule has 142 valence electrons. The molecule has 2 amide bonds. The SMILES string of the molecule is NCCCN(Cc1ccc(NC(=O)C2CC2)cc1)C(=O)c1cccc(F)c1. The van der Waals surface area contributed by atoms with Crippen LogP contribution in [0.1, 0.15) is 35.2 Å². The van der Waals surface area contributed by atoms with Gasteiger partial charge in [0.25, 0.3) is 5.91 Å². The zero-order valence-electron chi connectivity index (χ0n) is 15.2. The van der Waals surface area contributed by atoms with Crippen LogP contribution in [-0.4, -0.2) is 29.8 Å². The minimum Gasteiger partial charge on any atom is -0.334 e. The number of hydrogen-bond donors (Lipinski definition) is 2. The highest BCUT2D eigenvalue weighted by Crippen LogP contribution is 2.30. The molecule has 0 radical (unpaired) electrons. The van der Waals surface area contributed by atoms with Gasteiger partial charge < -0.3 is 16.0 Å². The van der Waals surface area contributed by atoms with Gasteiger partial charge in [0, 0.05) is 30.3 Å². The van der Waals surface area contributed by atoms with Gasteiger partial charge in [0.05, 0.1) is 0 Å². The van der Waals surface area contributed by atoms with Gasteiger partial charge in [-0.1, -0.05) is 18.2 Å². The third-order valence-corrected chi connectivity index (χ3v) is 4.53. The maximum atomic E-state index is 13.5. The van der Waals surface area contributed by atoms with Crippen LogP contribution in [0.25, 0.3) is 0 Å². The molecule has 2 aromatic rings. The Morgan fingerprint density at radius 3 is 2.52 bits per heavy atom. The Kier molecular flexibility index (Phi) is 6.19. The van der Waals surface area contributed by atoms with Crippen LogP contribution in [0.3, 0.4) is 0 Å². The van der Waals surface area contributed by atoms with Gasteiger partial charge in [-0.25, -0.2) is 4.39 Å². The van der Waals surface area contributed by atoms with Gasteiger partial charge in [-0.2, -0.15) is 0 Å². The number of amides is 2. The molecular formula is C21H24FN3O2. The lowest BCUT2D eigenvalue weighted by Gasteiger charge is -2.23. The van der Waals surface area contributed by atoms with Gasteiger partial charge in [-0.15, -0.1) is 0 Å². The summed E-state index contributed by atoms with van der Waals surface area (Å²) in [4.78, 5) is 26.3. The van der Waals surface area contributed by atoms with E-state index in [0.29, 0.717) is 31.6 Å². The monoisotopic (exact) mass is 369 g/mol. The summed E-state index contributed by atoms with van der Waals surface area (Å²) in [6.45, 7) is 1.36. The molecule has 0 atom stereocenters. The number of anilines is 1. The summed E-state index contributed by atoms with van der Waals surface area (Å²) >= 11 is 0. The van der Waals surface area contributed by atoms with Crippen LogP contribution in [-0.2, 0) is 11.3 Å². The first kappa shape index (κ1) is 19.0. The van der Waals surface area contributed by atoms with E-state index in [1.807, 2.05) is 24.3 Å². The van der Waals surface area contributed by atoms with Gasteiger partial charge in [0.2, 0.25) is 5.91 Å². The molecule has 5 nitrogen and oxygen atoms in total. The second-order valence-electron chi connectivity index (χ2n) is 6.84. The van der Waals surface area contributed by atoms with Crippen LogP contribution < -0.4 is 11.1 Å². The molecule has 27 heavy (non-hydrogen) atoms. The van der Waals surface area contributed by atoms with Crippen molar-refractivity contribution < 1.29 is 14.0 Å². The van der Waals surface area contributed by atoms with E-state index in [4.69, 9.17) is 5.73 Å². The van der Waals surface area contributed by atoms with Gasteiger partial charge in [0.15, 0.2) is 0 Å². The van der Waals surface area contributed by atoms with Gasteiger partial charge in [0.1, 0.15) is 5.82 Å². The first-order chi connectivity index (χ1) is 13.1. The van der Waals surface area contributed by atoms with E-state index in [1.54, 1.807) is 11.0 Å². The molecule has 3 N–H and O–H groups in total. The molecule has 0 aliphatic heterocycles. The molecule has 0 saturated heterocycles. The fourth-order valence-electron chi connectivity index (χ4n) is 2.84. The van der Waals surface area contributed by atoms with Crippen LogP contribution in [0.15, 0.2) is 48.5 Å². The van der Waals surface area contributed by atoms with Gasteiger partial charge in [-0.05, 0) is 61.7 Å². The van der Waals surface area contributed by atoms with Crippen molar-refractivity contribution >= 4 is 17.5 Å². The second kappa shape index (κ2) is 8.77. The highest BCUT2D eigenvalue weighted by atomic mass is 19.1. The molecule has 2 aromatic carbocycles. The summed E-state index contributed by atoms with van der Waals surface area (Å²) < 4.78 is 13.5. The van der Waals surface area contributed by atoms with Gasteiger partial charge >= 0.3 is 0 Å². The van der Waals surface area contributed by atoms with Crippen LogP contribution in [0.5, 0.6) is 0 Å². The number of nitrogens with one attached hydrogen (secondary N) is 1. The maximum Gasteiger partial charge on any atom is 0.254 e. The number of rotatable bonds is 8. The average Bonchev–Trinajstić information content (AvgIpc) is 3.51. The Morgan fingerprint density at radius 2 is 1.89 bits per heavy atom. The van der Waals surface area contributed by atoms with E-state index in [1.165, 1.54) is 18.2 Å². The Labute approximate surface area is 158 Å². The quantitative estimate of drug-likeness (QED) is 0.750. The van der Waals surface area contributed by atoms with Crippen molar-refractivity contribution in [1.82, 2.24) is 4.90 Å². The van der Waals surface area contributed by atoms with Crippen LogP contribution >= 0.6 is 0 Å².